The molecule has 2 aromatic rings. The number of rotatable bonds is 8. The van der Waals surface area contributed by atoms with Gasteiger partial charge in [-0.1, -0.05) is 51.3 Å². The second-order valence-corrected chi connectivity index (χ2v) is 9.23. The zero-order valence-corrected chi connectivity index (χ0v) is 20.2. The fourth-order valence-corrected chi connectivity index (χ4v) is 3.97. The molecule has 1 saturated carbocycles. The van der Waals surface area contributed by atoms with E-state index >= 15 is 0 Å². The largest absolute Gasteiger partial charge is 0.494 e. The highest BCUT2D eigenvalue weighted by molar-refractivity contribution is 7.80. The molecule has 0 atom stereocenters. The predicted octanol–water partition coefficient (Wildman–Crippen LogP) is 5.30. The number of anilines is 1. The molecule has 0 aliphatic heterocycles. The van der Waals surface area contributed by atoms with Crippen molar-refractivity contribution in [2.24, 2.45) is 5.92 Å². The quantitative estimate of drug-likeness (QED) is 0.459. The summed E-state index contributed by atoms with van der Waals surface area (Å²) in [6.45, 7) is 4.88. The van der Waals surface area contributed by atoms with E-state index in [1.54, 1.807) is 30.3 Å². The number of hydrogen-bond donors (Lipinski definition) is 3. The minimum atomic E-state index is -0.342. The van der Waals surface area contributed by atoms with Gasteiger partial charge in [-0.15, -0.1) is 0 Å². The molecule has 1 aliphatic rings. The maximum Gasteiger partial charge on any atom is 0.257 e. The molecule has 0 spiro atoms. The Balaban J connectivity index is 1.58. The van der Waals surface area contributed by atoms with E-state index in [4.69, 9.17) is 17.0 Å². The number of para-hydroxylation sites is 1. The van der Waals surface area contributed by atoms with Crippen LogP contribution in [0.25, 0.3) is 0 Å². The molecule has 7 heteroatoms. The lowest BCUT2D eigenvalue weighted by Crippen LogP contribution is -2.37. The number of thiocarbonyl (C=S) groups is 1. The SMILES string of the molecule is CC(C)CCOc1cccc(C(=O)NC(=S)Nc2ccccc2C(=O)NC2CCCCC2)c1. The third-order valence-electron chi connectivity index (χ3n) is 5.65. The number of hydrogen-bond acceptors (Lipinski definition) is 4. The van der Waals surface area contributed by atoms with Gasteiger partial charge in [-0.2, -0.15) is 0 Å². The zero-order chi connectivity index (χ0) is 23.6. The highest BCUT2D eigenvalue weighted by atomic mass is 32.1. The summed E-state index contributed by atoms with van der Waals surface area (Å²) in [5.74, 6) is 0.718. The summed E-state index contributed by atoms with van der Waals surface area (Å²) in [7, 11) is 0. The number of carbonyl (C=O) groups excluding carboxylic acids is 2. The van der Waals surface area contributed by atoms with Crippen LogP contribution < -0.4 is 20.7 Å². The molecular weight excluding hydrogens is 434 g/mol. The van der Waals surface area contributed by atoms with Crippen LogP contribution in [0.3, 0.4) is 0 Å². The van der Waals surface area contributed by atoms with Gasteiger partial charge in [0.1, 0.15) is 5.75 Å². The maximum atomic E-state index is 12.8. The molecule has 0 radical (unpaired) electrons. The summed E-state index contributed by atoms with van der Waals surface area (Å²) in [5.41, 5.74) is 1.51. The van der Waals surface area contributed by atoms with Crippen LogP contribution in [0.15, 0.2) is 48.5 Å². The lowest BCUT2D eigenvalue weighted by molar-refractivity contribution is 0.0927. The van der Waals surface area contributed by atoms with E-state index in [2.05, 4.69) is 29.8 Å². The Hall–Kier alpha value is -2.93. The Morgan fingerprint density at radius 3 is 2.55 bits per heavy atom. The Kier molecular flexibility index (Phi) is 9.24. The van der Waals surface area contributed by atoms with Gasteiger partial charge in [0.2, 0.25) is 0 Å². The number of ether oxygens (including phenoxy) is 1. The average Bonchev–Trinajstić information content (AvgIpc) is 2.80. The summed E-state index contributed by atoms with van der Waals surface area (Å²) in [4.78, 5) is 25.5. The number of benzene rings is 2. The van der Waals surface area contributed by atoms with Gasteiger partial charge in [0.25, 0.3) is 11.8 Å². The van der Waals surface area contributed by atoms with Crippen LogP contribution in [0.2, 0.25) is 0 Å². The molecule has 0 saturated heterocycles. The van der Waals surface area contributed by atoms with Gasteiger partial charge in [0.15, 0.2) is 5.11 Å². The lowest BCUT2D eigenvalue weighted by Gasteiger charge is -2.23. The van der Waals surface area contributed by atoms with Gasteiger partial charge in [-0.3, -0.25) is 14.9 Å². The van der Waals surface area contributed by atoms with Crippen molar-refractivity contribution in [1.29, 1.82) is 0 Å². The molecule has 176 valence electrons. The molecule has 6 nitrogen and oxygen atoms in total. The second-order valence-electron chi connectivity index (χ2n) is 8.82. The third kappa shape index (κ3) is 7.86. The average molecular weight is 468 g/mol. The van der Waals surface area contributed by atoms with Gasteiger partial charge < -0.3 is 15.4 Å². The van der Waals surface area contributed by atoms with Crippen LogP contribution in [0, 0.1) is 5.92 Å². The summed E-state index contributed by atoms with van der Waals surface area (Å²) < 4.78 is 5.74. The lowest BCUT2D eigenvalue weighted by atomic mass is 9.95. The van der Waals surface area contributed by atoms with E-state index in [1.807, 2.05) is 18.2 Å². The second kappa shape index (κ2) is 12.3. The van der Waals surface area contributed by atoms with Gasteiger partial charge >= 0.3 is 0 Å². The molecule has 3 rings (SSSR count). The summed E-state index contributed by atoms with van der Waals surface area (Å²) in [6, 6.07) is 14.4. The molecule has 1 aliphatic carbocycles. The van der Waals surface area contributed by atoms with Crippen molar-refractivity contribution >= 4 is 34.8 Å². The van der Waals surface area contributed by atoms with Gasteiger partial charge in [0.05, 0.1) is 17.9 Å². The first-order valence-corrected chi connectivity index (χ1v) is 12.1. The molecule has 0 bridgehead atoms. The van der Waals surface area contributed by atoms with E-state index in [1.165, 1.54) is 6.42 Å². The fourth-order valence-electron chi connectivity index (χ4n) is 3.77. The zero-order valence-electron chi connectivity index (χ0n) is 19.4. The minimum Gasteiger partial charge on any atom is -0.494 e. The van der Waals surface area contributed by atoms with Crippen LogP contribution in [-0.4, -0.2) is 29.6 Å². The highest BCUT2D eigenvalue weighted by Crippen LogP contribution is 2.20. The third-order valence-corrected chi connectivity index (χ3v) is 5.85. The van der Waals surface area contributed by atoms with E-state index in [-0.39, 0.29) is 23.0 Å². The van der Waals surface area contributed by atoms with E-state index < -0.39 is 0 Å². The Morgan fingerprint density at radius 2 is 1.79 bits per heavy atom. The smallest absolute Gasteiger partial charge is 0.257 e. The molecule has 0 heterocycles. The fraction of sp³-hybridized carbons (Fsp3) is 0.423. The van der Waals surface area contributed by atoms with Crippen molar-refractivity contribution in [1.82, 2.24) is 10.6 Å². The molecule has 1 fully saturated rings. The first kappa shape index (κ1) is 24.7. The minimum absolute atomic E-state index is 0.129. The van der Waals surface area contributed by atoms with Crippen molar-refractivity contribution in [3.63, 3.8) is 0 Å². The van der Waals surface area contributed by atoms with E-state index in [0.29, 0.717) is 35.1 Å². The molecule has 33 heavy (non-hydrogen) atoms. The van der Waals surface area contributed by atoms with Gasteiger partial charge in [-0.05, 0) is 67.7 Å². The Morgan fingerprint density at radius 1 is 1.03 bits per heavy atom. The molecule has 2 amide bonds. The van der Waals surface area contributed by atoms with E-state index in [0.717, 1.165) is 32.1 Å². The normalized spacial score (nSPS) is 13.9. The standard InChI is InChI=1S/C26H33N3O3S/c1-18(2)15-16-32-21-12-8-9-19(17-21)24(30)29-26(33)28-23-14-7-6-13-22(23)25(31)27-20-10-4-3-5-11-20/h6-9,12-14,17-18,20H,3-5,10-11,15-16H2,1-2H3,(H,27,31)(H2,28,29,30,33). The monoisotopic (exact) mass is 467 g/mol. The maximum absolute atomic E-state index is 12.8. The number of carbonyl (C=O) groups is 2. The molecule has 2 aromatic carbocycles. The highest BCUT2D eigenvalue weighted by Gasteiger charge is 2.19. The van der Waals surface area contributed by atoms with Crippen LogP contribution in [0.1, 0.15) is 73.1 Å². The molecular formula is C26H33N3O3S. The van der Waals surface area contributed by atoms with Crippen LogP contribution >= 0.6 is 12.2 Å². The first-order chi connectivity index (χ1) is 15.9. The Labute approximate surface area is 201 Å². The molecule has 0 unspecified atom stereocenters. The van der Waals surface area contributed by atoms with E-state index in [9.17, 15) is 9.59 Å². The summed E-state index contributed by atoms with van der Waals surface area (Å²) in [5, 5.41) is 8.94. The molecule has 3 N–H and O–H groups in total. The predicted molar refractivity (Wildman–Crippen MR) is 136 cm³/mol. The van der Waals surface area contributed by atoms with Crippen molar-refractivity contribution in [3.8, 4) is 5.75 Å². The Bertz CT molecular complexity index is 971. The van der Waals surface area contributed by atoms with Gasteiger partial charge in [0, 0.05) is 11.6 Å². The summed E-state index contributed by atoms with van der Waals surface area (Å²) in [6.07, 6.45) is 6.48. The van der Waals surface area contributed by atoms with Crippen molar-refractivity contribution in [2.75, 3.05) is 11.9 Å². The van der Waals surface area contributed by atoms with Gasteiger partial charge in [-0.25, -0.2) is 0 Å². The van der Waals surface area contributed by atoms with Crippen molar-refractivity contribution < 1.29 is 14.3 Å². The number of nitrogens with one attached hydrogen (secondary N) is 3. The topological polar surface area (TPSA) is 79.5 Å². The number of amides is 2. The first-order valence-electron chi connectivity index (χ1n) is 11.7. The van der Waals surface area contributed by atoms with Crippen molar-refractivity contribution in [2.45, 2.75) is 58.4 Å². The van der Waals surface area contributed by atoms with Crippen molar-refractivity contribution in [3.05, 3.63) is 59.7 Å². The summed E-state index contributed by atoms with van der Waals surface area (Å²) >= 11 is 5.35. The van der Waals surface area contributed by atoms with Crippen LogP contribution in [-0.2, 0) is 0 Å². The van der Waals surface area contributed by atoms with Crippen LogP contribution in [0.4, 0.5) is 5.69 Å². The van der Waals surface area contributed by atoms with Crippen LogP contribution in [0.5, 0.6) is 5.75 Å². The molecule has 0 aromatic heterocycles.